The molecule has 0 saturated carbocycles. The maximum atomic E-state index is 6.46. The van der Waals surface area contributed by atoms with Gasteiger partial charge >= 0.3 is 0 Å². The lowest BCUT2D eigenvalue weighted by molar-refractivity contribution is 0.213. The van der Waals surface area contributed by atoms with Crippen molar-refractivity contribution in [3.63, 3.8) is 0 Å². The maximum Gasteiger partial charge on any atom is 0.109 e. The monoisotopic (exact) mass is 294 g/mol. The average molecular weight is 295 g/mol. The first-order chi connectivity index (χ1) is 9.24. The fourth-order valence-corrected chi connectivity index (χ4v) is 2.29. The summed E-state index contributed by atoms with van der Waals surface area (Å²) in [6.45, 7) is 0. The van der Waals surface area contributed by atoms with Crippen molar-refractivity contribution in [1.82, 2.24) is 4.98 Å². The Kier molecular flexibility index (Phi) is 4.77. The summed E-state index contributed by atoms with van der Waals surface area (Å²) in [6.07, 6.45) is 3.25. The smallest absolute Gasteiger partial charge is 0.109 e. The van der Waals surface area contributed by atoms with Crippen LogP contribution in [-0.4, -0.2) is 17.8 Å². The summed E-state index contributed by atoms with van der Waals surface area (Å²) in [6, 6.07) is 11.3. The summed E-state index contributed by atoms with van der Waals surface area (Å²) in [4.78, 5) is 8.92. The quantitative estimate of drug-likeness (QED) is 0.484. The fraction of sp³-hybridized carbons (Fsp3) is 0.143. The Bertz CT molecular complexity index is 573. The van der Waals surface area contributed by atoms with Gasteiger partial charge in [0.05, 0.1) is 0 Å². The van der Waals surface area contributed by atoms with Crippen molar-refractivity contribution in [2.45, 2.75) is 5.38 Å². The Balaban J connectivity index is 2.41. The summed E-state index contributed by atoms with van der Waals surface area (Å²) in [5, 5.41) is 4.04. The molecule has 1 unspecified atom stereocenters. The number of halogens is 2. The fourth-order valence-electron chi connectivity index (χ4n) is 1.68. The summed E-state index contributed by atoms with van der Waals surface area (Å²) in [5.41, 5.74) is 2.18. The van der Waals surface area contributed by atoms with Gasteiger partial charge in [-0.1, -0.05) is 47.1 Å². The molecular formula is C14H12Cl2N2O. The van der Waals surface area contributed by atoms with Gasteiger partial charge in [0.1, 0.15) is 18.2 Å². The number of rotatable bonds is 4. The molecule has 0 spiro atoms. The zero-order valence-electron chi connectivity index (χ0n) is 10.3. The number of hydrogen-bond acceptors (Lipinski definition) is 3. The van der Waals surface area contributed by atoms with E-state index in [1.165, 1.54) is 7.11 Å². The highest BCUT2D eigenvalue weighted by Crippen LogP contribution is 2.30. The van der Waals surface area contributed by atoms with Crippen molar-refractivity contribution in [3.05, 3.63) is 64.9 Å². The molecule has 1 aromatic carbocycles. The van der Waals surface area contributed by atoms with E-state index < -0.39 is 5.38 Å². The number of alkyl halides is 1. The third-order valence-corrected chi connectivity index (χ3v) is 3.35. The molecule has 1 heterocycles. The molecule has 0 amide bonds. The minimum absolute atomic E-state index is 0.524. The molecule has 19 heavy (non-hydrogen) atoms. The molecule has 2 aromatic rings. The Hall–Kier alpha value is -1.58. The van der Waals surface area contributed by atoms with E-state index in [9.17, 15) is 0 Å². The molecule has 0 radical (unpaired) electrons. The minimum atomic E-state index is -0.524. The Morgan fingerprint density at radius 1 is 1.26 bits per heavy atom. The van der Waals surface area contributed by atoms with Gasteiger partial charge in [0.2, 0.25) is 0 Å². The largest absolute Gasteiger partial charge is 0.399 e. The lowest BCUT2D eigenvalue weighted by Crippen LogP contribution is -2.10. The topological polar surface area (TPSA) is 34.5 Å². The third kappa shape index (κ3) is 3.25. The van der Waals surface area contributed by atoms with Crippen molar-refractivity contribution in [3.8, 4) is 0 Å². The predicted octanol–water partition coefficient (Wildman–Crippen LogP) is 4.07. The molecule has 0 saturated heterocycles. The number of nitrogens with zero attached hydrogens (tertiary/aromatic N) is 2. The molecule has 0 bridgehead atoms. The highest BCUT2D eigenvalue weighted by atomic mass is 35.5. The van der Waals surface area contributed by atoms with Crippen molar-refractivity contribution < 1.29 is 4.84 Å². The number of benzene rings is 1. The molecule has 98 valence electrons. The van der Waals surface area contributed by atoms with Gasteiger partial charge in [0, 0.05) is 28.5 Å². The van der Waals surface area contributed by atoms with Gasteiger partial charge in [-0.05, 0) is 6.07 Å². The van der Waals surface area contributed by atoms with Crippen LogP contribution in [0, 0.1) is 0 Å². The molecule has 0 aliphatic rings. The summed E-state index contributed by atoms with van der Waals surface area (Å²) in [7, 11) is 1.48. The molecule has 1 atom stereocenters. The van der Waals surface area contributed by atoms with Crippen molar-refractivity contribution in [1.29, 1.82) is 0 Å². The number of aromatic nitrogens is 1. The lowest BCUT2D eigenvalue weighted by Gasteiger charge is -2.13. The summed E-state index contributed by atoms with van der Waals surface area (Å²) < 4.78 is 0. The van der Waals surface area contributed by atoms with Crippen LogP contribution in [0.2, 0.25) is 5.02 Å². The first-order valence-corrected chi connectivity index (χ1v) is 6.45. The molecule has 0 fully saturated rings. The number of pyridine rings is 1. The van der Waals surface area contributed by atoms with Crippen LogP contribution in [-0.2, 0) is 4.84 Å². The molecule has 2 rings (SSSR count). The number of hydrogen-bond donors (Lipinski definition) is 0. The van der Waals surface area contributed by atoms with Gasteiger partial charge in [-0.2, -0.15) is 0 Å². The van der Waals surface area contributed by atoms with Gasteiger partial charge in [-0.15, -0.1) is 11.6 Å². The van der Waals surface area contributed by atoms with E-state index in [0.717, 1.165) is 5.56 Å². The lowest BCUT2D eigenvalue weighted by atomic mass is 10.0. The second-order valence-electron chi connectivity index (χ2n) is 3.78. The second kappa shape index (κ2) is 6.55. The van der Waals surface area contributed by atoms with E-state index in [4.69, 9.17) is 28.0 Å². The molecule has 0 N–H and O–H groups in total. The van der Waals surface area contributed by atoms with E-state index in [-0.39, 0.29) is 0 Å². The van der Waals surface area contributed by atoms with E-state index >= 15 is 0 Å². The zero-order chi connectivity index (χ0) is 13.7. The first kappa shape index (κ1) is 13.8. The predicted molar refractivity (Wildman–Crippen MR) is 77.8 cm³/mol. The van der Waals surface area contributed by atoms with Crippen LogP contribution in [0.5, 0.6) is 0 Å². The van der Waals surface area contributed by atoms with E-state index in [1.807, 2.05) is 30.3 Å². The first-order valence-electron chi connectivity index (χ1n) is 5.64. The van der Waals surface area contributed by atoms with Crippen LogP contribution in [0.4, 0.5) is 0 Å². The molecule has 3 nitrogen and oxygen atoms in total. The van der Waals surface area contributed by atoms with Gasteiger partial charge in [-0.25, -0.2) is 0 Å². The van der Waals surface area contributed by atoms with Gasteiger partial charge in [0.15, 0.2) is 0 Å². The van der Waals surface area contributed by atoms with E-state index in [0.29, 0.717) is 16.3 Å². The second-order valence-corrected chi connectivity index (χ2v) is 4.63. The van der Waals surface area contributed by atoms with E-state index in [1.54, 1.807) is 18.5 Å². The van der Waals surface area contributed by atoms with E-state index in [2.05, 4.69) is 10.1 Å². The highest BCUT2D eigenvalue weighted by molar-refractivity contribution is 6.38. The van der Waals surface area contributed by atoms with Crippen LogP contribution in [0.1, 0.15) is 16.5 Å². The van der Waals surface area contributed by atoms with Gasteiger partial charge in [0.25, 0.3) is 0 Å². The van der Waals surface area contributed by atoms with Crippen molar-refractivity contribution in [2.24, 2.45) is 5.16 Å². The molecule has 0 aliphatic heterocycles. The number of oxime groups is 1. The SMILES string of the molecule is CON=C(c1ccccc1)C(Cl)c1cnccc1Cl. The van der Waals surface area contributed by atoms with Crippen LogP contribution < -0.4 is 0 Å². The third-order valence-electron chi connectivity index (χ3n) is 2.57. The van der Waals surface area contributed by atoms with Crippen molar-refractivity contribution >= 4 is 28.9 Å². The summed E-state index contributed by atoms with van der Waals surface area (Å²) >= 11 is 12.6. The molecule has 5 heteroatoms. The summed E-state index contributed by atoms with van der Waals surface area (Å²) in [5.74, 6) is 0. The molecule has 1 aromatic heterocycles. The Morgan fingerprint density at radius 3 is 2.63 bits per heavy atom. The van der Waals surface area contributed by atoms with Gasteiger partial charge < -0.3 is 4.84 Å². The Morgan fingerprint density at radius 2 is 2.00 bits per heavy atom. The van der Waals surface area contributed by atoms with Crippen molar-refractivity contribution in [2.75, 3.05) is 7.11 Å². The minimum Gasteiger partial charge on any atom is -0.399 e. The van der Waals surface area contributed by atoms with Crippen LogP contribution in [0.15, 0.2) is 53.9 Å². The maximum absolute atomic E-state index is 6.46. The molecule has 0 aliphatic carbocycles. The average Bonchev–Trinajstić information content (AvgIpc) is 2.45. The Labute approximate surface area is 121 Å². The highest BCUT2D eigenvalue weighted by Gasteiger charge is 2.20. The zero-order valence-corrected chi connectivity index (χ0v) is 11.8. The van der Waals surface area contributed by atoms with Crippen LogP contribution in [0.25, 0.3) is 0 Å². The van der Waals surface area contributed by atoms with Crippen LogP contribution in [0.3, 0.4) is 0 Å². The molecular weight excluding hydrogens is 283 g/mol. The standard InChI is InChI=1S/C14H12Cl2N2O/c1-19-18-14(10-5-3-2-4-6-10)13(16)11-9-17-8-7-12(11)15/h2-9,13H,1H3. The van der Waals surface area contributed by atoms with Gasteiger partial charge in [-0.3, -0.25) is 4.98 Å². The normalized spacial score (nSPS) is 13.1. The van der Waals surface area contributed by atoms with Crippen LogP contribution >= 0.6 is 23.2 Å².